The third-order valence-electron chi connectivity index (χ3n) is 4.50. The second-order valence-corrected chi connectivity index (χ2v) is 7.43. The Hall–Kier alpha value is -1.93. The number of nitrogens with one attached hydrogen (secondary N) is 3. The molecule has 0 aliphatic carbocycles. The molecule has 0 aromatic heterocycles. The molecule has 0 saturated heterocycles. The Morgan fingerprint density at radius 1 is 0.774 bits per heavy atom. The highest BCUT2D eigenvalue weighted by molar-refractivity contribution is 7.80. The van der Waals surface area contributed by atoms with E-state index in [-0.39, 0.29) is 12.2 Å². The predicted molar refractivity (Wildman–Crippen MR) is 118 cm³/mol. The molecule has 13 heteroatoms. The summed E-state index contributed by atoms with van der Waals surface area (Å²) in [5, 5.41) is 25.7. The Morgan fingerprint density at radius 2 is 1.26 bits per heavy atom. The first kappa shape index (κ1) is 29.1. The van der Waals surface area contributed by atoms with Gasteiger partial charge in [0, 0.05) is 5.75 Å². The summed E-state index contributed by atoms with van der Waals surface area (Å²) in [5.74, 6) is -3.53. The molecule has 0 aliphatic rings. The monoisotopic (exact) mass is 464 g/mol. The van der Waals surface area contributed by atoms with Gasteiger partial charge in [0.2, 0.25) is 17.7 Å². The lowest BCUT2D eigenvalue weighted by molar-refractivity contribution is -0.141. The summed E-state index contributed by atoms with van der Waals surface area (Å²) in [6.07, 6.45) is 2.99. The molecule has 0 aliphatic heterocycles. The summed E-state index contributed by atoms with van der Waals surface area (Å²) >= 11 is 3.89. The highest BCUT2D eigenvalue weighted by atomic mass is 32.1. The minimum Gasteiger partial charge on any atom is -0.480 e. The van der Waals surface area contributed by atoms with Gasteiger partial charge in [-0.05, 0) is 45.2 Å². The number of aliphatic hydroxyl groups is 1. The van der Waals surface area contributed by atoms with Crippen molar-refractivity contribution in [2.45, 2.75) is 62.7 Å². The van der Waals surface area contributed by atoms with Crippen LogP contribution < -0.4 is 33.2 Å². The number of unbranched alkanes of at least 4 members (excludes halogenated alkanes) is 2. The molecule has 0 fully saturated rings. The topological polar surface area (TPSA) is 223 Å². The van der Waals surface area contributed by atoms with Crippen molar-refractivity contribution in [3.05, 3.63) is 0 Å². The third kappa shape index (κ3) is 11.9. The van der Waals surface area contributed by atoms with Gasteiger partial charge in [0.15, 0.2) is 0 Å². The van der Waals surface area contributed by atoms with Gasteiger partial charge < -0.3 is 43.4 Å². The third-order valence-corrected chi connectivity index (χ3v) is 4.86. The van der Waals surface area contributed by atoms with Crippen LogP contribution in [-0.4, -0.2) is 83.5 Å². The lowest BCUT2D eigenvalue weighted by atomic mass is 10.1. The minimum atomic E-state index is -1.32. The Bertz CT molecular complexity index is 582. The molecule has 0 saturated carbocycles. The summed E-state index contributed by atoms with van der Waals surface area (Å²) in [6.45, 7) is 0.145. The van der Waals surface area contributed by atoms with E-state index < -0.39 is 54.5 Å². The number of carbonyl (C=O) groups is 4. The Kier molecular flexibility index (Phi) is 15.7. The molecule has 0 rings (SSSR count). The minimum absolute atomic E-state index is 0.137. The number of hydrogen-bond donors (Lipinski definition) is 9. The largest absolute Gasteiger partial charge is 0.480 e. The lowest BCUT2D eigenvalue weighted by Crippen LogP contribution is -2.58. The van der Waals surface area contributed by atoms with Gasteiger partial charge in [-0.3, -0.25) is 14.4 Å². The van der Waals surface area contributed by atoms with E-state index in [0.29, 0.717) is 45.2 Å². The van der Waals surface area contributed by atoms with Gasteiger partial charge >= 0.3 is 5.97 Å². The average molecular weight is 465 g/mol. The van der Waals surface area contributed by atoms with E-state index in [0.717, 1.165) is 0 Å². The average Bonchev–Trinajstić information content (AvgIpc) is 2.74. The van der Waals surface area contributed by atoms with Crippen molar-refractivity contribution >= 4 is 36.3 Å². The summed E-state index contributed by atoms with van der Waals surface area (Å²) in [5.41, 5.74) is 16.6. The van der Waals surface area contributed by atoms with E-state index in [9.17, 15) is 24.3 Å². The van der Waals surface area contributed by atoms with Crippen LogP contribution in [0, 0.1) is 0 Å². The summed E-state index contributed by atoms with van der Waals surface area (Å²) in [6, 6.07) is -4.50. The number of rotatable bonds is 17. The molecule has 0 bridgehead atoms. The van der Waals surface area contributed by atoms with Crippen molar-refractivity contribution < 1.29 is 29.4 Å². The van der Waals surface area contributed by atoms with Crippen LogP contribution in [-0.2, 0) is 19.2 Å². The molecule has 180 valence electrons. The zero-order valence-electron chi connectivity index (χ0n) is 17.6. The van der Waals surface area contributed by atoms with Gasteiger partial charge in [0.05, 0.1) is 12.6 Å². The molecule has 0 spiro atoms. The van der Waals surface area contributed by atoms with Gasteiger partial charge in [-0.25, -0.2) is 4.79 Å². The number of hydrogen-bond acceptors (Lipinski definition) is 9. The van der Waals surface area contributed by atoms with Crippen LogP contribution in [0.1, 0.15) is 38.5 Å². The molecule has 0 radical (unpaired) electrons. The highest BCUT2D eigenvalue weighted by Gasteiger charge is 2.29. The molecule has 3 amide bonds. The fraction of sp³-hybridized carbons (Fsp3) is 0.778. The van der Waals surface area contributed by atoms with Crippen molar-refractivity contribution in [1.82, 2.24) is 16.0 Å². The summed E-state index contributed by atoms with van der Waals surface area (Å²) < 4.78 is 0. The fourth-order valence-corrected chi connectivity index (χ4v) is 2.85. The van der Waals surface area contributed by atoms with Crippen molar-refractivity contribution in [3.8, 4) is 0 Å². The molecular weight excluding hydrogens is 428 g/mol. The zero-order valence-corrected chi connectivity index (χ0v) is 18.5. The van der Waals surface area contributed by atoms with Crippen LogP contribution in [0.15, 0.2) is 0 Å². The van der Waals surface area contributed by atoms with E-state index in [4.69, 9.17) is 22.3 Å². The van der Waals surface area contributed by atoms with E-state index in [2.05, 4.69) is 28.6 Å². The molecule has 12 nitrogen and oxygen atoms in total. The summed E-state index contributed by atoms with van der Waals surface area (Å²) in [4.78, 5) is 48.4. The van der Waals surface area contributed by atoms with E-state index >= 15 is 0 Å². The van der Waals surface area contributed by atoms with Crippen molar-refractivity contribution in [2.75, 3.05) is 25.4 Å². The molecule has 4 atom stereocenters. The van der Waals surface area contributed by atoms with Gasteiger partial charge in [-0.15, -0.1) is 0 Å². The van der Waals surface area contributed by atoms with E-state index in [1.165, 1.54) is 0 Å². The number of amides is 3. The first-order chi connectivity index (χ1) is 14.7. The quantitative estimate of drug-likeness (QED) is 0.0790. The fourth-order valence-electron chi connectivity index (χ4n) is 2.60. The van der Waals surface area contributed by atoms with E-state index in [1.807, 2.05) is 0 Å². The number of carbonyl (C=O) groups excluding carboxylic acids is 3. The van der Waals surface area contributed by atoms with Crippen LogP contribution in [0.25, 0.3) is 0 Å². The SMILES string of the molecule is NCCCCC(N)C(=O)NC(CO)C(=O)NC(CCCCN)C(=O)NC(CS)C(=O)O. The van der Waals surface area contributed by atoms with Gasteiger partial charge in [0.25, 0.3) is 0 Å². The zero-order chi connectivity index (χ0) is 23.8. The van der Waals surface area contributed by atoms with Crippen LogP contribution >= 0.6 is 12.6 Å². The van der Waals surface area contributed by atoms with Crippen molar-refractivity contribution in [1.29, 1.82) is 0 Å². The molecule has 0 aromatic rings. The van der Waals surface area contributed by atoms with Crippen LogP contribution in [0.4, 0.5) is 0 Å². The Balaban J connectivity index is 5.06. The van der Waals surface area contributed by atoms with Gasteiger partial charge in [0.1, 0.15) is 18.1 Å². The number of aliphatic hydroxyl groups excluding tert-OH is 1. The second-order valence-electron chi connectivity index (χ2n) is 7.06. The number of aliphatic carboxylic acids is 1. The van der Waals surface area contributed by atoms with Crippen molar-refractivity contribution in [3.63, 3.8) is 0 Å². The number of thiol groups is 1. The molecule has 4 unspecified atom stereocenters. The van der Waals surface area contributed by atoms with Crippen molar-refractivity contribution in [2.24, 2.45) is 17.2 Å². The Labute approximate surface area is 187 Å². The smallest absolute Gasteiger partial charge is 0.327 e. The lowest BCUT2D eigenvalue weighted by Gasteiger charge is -2.24. The van der Waals surface area contributed by atoms with Crippen LogP contribution in [0.2, 0.25) is 0 Å². The normalized spacial score (nSPS) is 14.7. The molecule has 0 heterocycles. The Morgan fingerprint density at radius 3 is 1.74 bits per heavy atom. The second kappa shape index (κ2) is 16.7. The van der Waals surface area contributed by atoms with Crippen LogP contribution in [0.3, 0.4) is 0 Å². The number of nitrogens with two attached hydrogens (primary N) is 3. The maximum atomic E-state index is 12.6. The van der Waals surface area contributed by atoms with Gasteiger partial charge in [-0.2, -0.15) is 12.6 Å². The maximum Gasteiger partial charge on any atom is 0.327 e. The number of carboxylic acids is 1. The standard InChI is InChI=1S/C18H36N6O6S/c19-7-3-1-5-11(21)15(26)23-13(9-25)17(28)22-12(6-2-4-8-20)16(27)24-14(10-31)18(29)30/h11-14,25,31H,1-10,19-21H2,(H,22,28)(H,23,26)(H,24,27)(H,29,30). The predicted octanol–water partition coefficient (Wildman–Crippen LogP) is -2.97. The number of carboxylic acid groups (broad SMARTS) is 1. The van der Waals surface area contributed by atoms with E-state index in [1.54, 1.807) is 0 Å². The maximum absolute atomic E-state index is 12.6. The summed E-state index contributed by atoms with van der Waals surface area (Å²) in [7, 11) is 0. The first-order valence-corrected chi connectivity index (χ1v) is 10.9. The molecule has 11 N–H and O–H groups in total. The molecular formula is C18H36N6O6S. The van der Waals surface area contributed by atoms with Crippen LogP contribution in [0.5, 0.6) is 0 Å². The van der Waals surface area contributed by atoms with Gasteiger partial charge in [-0.1, -0.05) is 6.42 Å². The first-order valence-electron chi connectivity index (χ1n) is 10.2. The molecule has 31 heavy (non-hydrogen) atoms. The molecule has 0 aromatic carbocycles. The highest BCUT2D eigenvalue weighted by Crippen LogP contribution is 2.04.